The van der Waals surface area contributed by atoms with Gasteiger partial charge in [0.05, 0.1) is 5.69 Å². The molecule has 1 aliphatic rings. The van der Waals surface area contributed by atoms with Crippen molar-refractivity contribution in [3.8, 4) is 5.69 Å². The van der Waals surface area contributed by atoms with Crippen molar-refractivity contribution in [1.29, 1.82) is 0 Å². The van der Waals surface area contributed by atoms with E-state index in [1.54, 1.807) is 34.7 Å². The van der Waals surface area contributed by atoms with Crippen molar-refractivity contribution < 1.29 is 4.79 Å². The van der Waals surface area contributed by atoms with Crippen LogP contribution in [0.25, 0.3) is 5.69 Å². The molecular formula is C18H21N7O. The lowest BCUT2D eigenvalue weighted by atomic mass is 9.98. The van der Waals surface area contributed by atoms with Crippen LogP contribution in [0.3, 0.4) is 0 Å². The predicted octanol–water partition coefficient (Wildman–Crippen LogP) is 1.72. The maximum absolute atomic E-state index is 12.5. The van der Waals surface area contributed by atoms with Crippen LogP contribution >= 0.6 is 0 Å². The summed E-state index contributed by atoms with van der Waals surface area (Å²) in [5.41, 5.74) is 1.46. The summed E-state index contributed by atoms with van der Waals surface area (Å²) in [5, 5.41) is 14.8. The number of carbonyl (C=O) groups excluding carboxylic acids is 1. The van der Waals surface area contributed by atoms with E-state index in [1.165, 1.54) is 0 Å². The van der Waals surface area contributed by atoms with Crippen LogP contribution in [-0.4, -0.2) is 43.5 Å². The number of nitrogens with one attached hydrogen (secondary N) is 2. The quantitative estimate of drug-likeness (QED) is 0.747. The maximum Gasteiger partial charge on any atom is 0.258 e. The molecule has 0 bridgehead atoms. The minimum absolute atomic E-state index is 0.204. The minimum atomic E-state index is -0.204. The van der Waals surface area contributed by atoms with E-state index in [0.717, 1.165) is 37.4 Å². The summed E-state index contributed by atoms with van der Waals surface area (Å²) >= 11 is 0. The Morgan fingerprint density at radius 2 is 2.00 bits per heavy atom. The summed E-state index contributed by atoms with van der Waals surface area (Å²) in [5.74, 6) is 1.42. The van der Waals surface area contributed by atoms with Crippen LogP contribution in [0.4, 0.5) is 5.95 Å². The Kier molecular flexibility index (Phi) is 4.49. The van der Waals surface area contributed by atoms with Gasteiger partial charge < -0.3 is 5.32 Å². The monoisotopic (exact) mass is 351 g/mol. The Labute approximate surface area is 151 Å². The molecule has 0 atom stereocenters. The van der Waals surface area contributed by atoms with E-state index in [0.29, 0.717) is 17.4 Å². The molecule has 1 amide bonds. The fraction of sp³-hybridized carbons (Fsp3) is 0.333. The van der Waals surface area contributed by atoms with Crippen molar-refractivity contribution in [3.63, 3.8) is 0 Å². The van der Waals surface area contributed by atoms with Gasteiger partial charge in [0.15, 0.2) is 5.82 Å². The zero-order valence-corrected chi connectivity index (χ0v) is 14.6. The molecule has 0 radical (unpaired) electrons. The minimum Gasteiger partial charge on any atom is -0.317 e. The van der Waals surface area contributed by atoms with Gasteiger partial charge in [0.1, 0.15) is 0 Å². The molecule has 3 aromatic rings. The SMILES string of the molecule is Cn1nc(C2CCNCC2)nc1NC(=O)c1ccc(-n2cccn2)cc1. The molecule has 0 saturated carbocycles. The van der Waals surface area contributed by atoms with Gasteiger partial charge in [-0.3, -0.25) is 10.1 Å². The van der Waals surface area contributed by atoms with Gasteiger partial charge >= 0.3 is 0 Å². The fourth-order valence-electron chi connectivity index (χ4n) is 3.13. The van der Waals surface area contributed by atoms with E-state index in [-0.39, 0.29) is 5.91 Å². The molecule has 1 saturated heterocycles. The van der Waals surface area contributed by atoms with Gasteiger partial charge in [0.2, 0.25) is 5.95 Å². The first-order chi connectivity index (χ1) is 12.7. The lowest BCUT2D eigenvalue weighted by Crippen LogP contribution is -2.27. The van der Waals surface area contributed by atoms with Crippen molar-refractivity contribution in [3.05, 3.63) is 54.1 Å². The summed E-state index contributed by atoms with van der Waals surface area (Å²) in [7, 11) is 1.80. The van der Waals surface area contributed by atoms with Crippen LogP contribution in [0.15, 0.2) is 42.7 Å². The molecule has 0 spiro atoms. The first-order valence-corrected chi connectivity index (χ1v) is 8.74. The van der Waals surface area contributed by atoms with Crippen LogP contribution in [0.2, 0.25) is 0 Å². The van der Waals surface area contributed by atoms with Gasteiger partial charge in [-0.2, -0.15) is 15.2 Å². The number of hydrogen-bond acceptors (Lipinski definition) is 5. The third kappa shape index (κ3) is 3.36. The van der Waals surface area contributed by atoms with E-state index >= 15 is 0 Å². The summed E-state index contributed by atoms with van der Waals surface area (Å²) < 4.78 is 3.38. The third-order valence-electron chi connectivity index (χ3n) is 4.61. The molecule has 0 aliphatic carbocycles. The van der Waals surface area contributed by atoms with Gasteiger partial charge in [-0.05, 0) is 56.3 Å². The van der Waals surface area contributed by atoms with Gasteiger partial charge in [-0.15, -0.1) is 0 Å². The van der Waals surface area contributed by atoms with Crippen LogP contribution in [-0.2, 0) is 7.05 Å². The van der Waals surface area contributed by atoms with E-state index in [9.17, 15) is 4.79 Å². The van der Waals surface area contributed by atoms with Crippen LogP contribution in [0, 0.1) is 0 Å². The van der Waals surface area contributed by atoms with Gasteiger partial charge in [0, 0.05) is 30.9 Å². The first-order valence-electron chi connectivity index (χ1n) is 8.74. The second kappa shape index (κ2) is 7.09. The first kappa shape index (κ1) is 16.5. The average Bonchev–Trinajstić information content (AvgIpc) is 3.33. The molecule has 2 aromatic heterocycles. The lowest BCUT2D eigenvalue weighted by molar-refractivity contribution is 0.102. The number of rotatable bonds is 4. The summed E-state index contributed by atoms with van der Waals surface area (Å²) in [6.07, 6.45) is 5.62. The average molecular weight is 351 g/mol. The van der Waals surface area contributed by atoms with E-state index in [1.807, 2.05) is 24.4 Å². The highest BCUT2D eigenvalue weighted by Gasteiger charge is 2.21. The summed E-state index contributed by atoms with van der Waals surface area (Å²) in [4.78, 5) is 17.1. The number of hydrogen-bond donors (Lipinski definition) is 2. The Morgan fingerprint density at radius 1 is 1.23 bits per heavy atom. The van der Waals surface area contributed by atoms with E-state index in [2.05, 4.69) is 25.8 Å². The molecule has 8 nitrogen and oxygen atoms in total. The Bertz CT molecular complexity index is 877. The highest BCUT2D eigenvalue weighted by atomic mass is 16.1. The van der Waals surface area contributed by atoms with Gasteiger partial charge in [-0.1, -0.05) is 0 Å². The van der Waals surface area contributed by atoms with Crippen molar-refractivity contribution in [2.45, 2.75) is 18.8 Å². The van der Waals surface area contributed by atoms with Crippen molar-refractivity contribution in [2.75, 3.05) is 18.4 Å². The summed E-state index contributed by atoms with van der Waals surface area (Å²) in [6, 6.07) is 9.12. The van der Waals surface area contributed by atoms with E-state index in [4.69, 9.17) is 0 Å². The van der Waals surface area contributed by atoms with Gasteiger partial charge in [0.25, 0.3) is 5.91 Å². The number of amides is 1. The van der Waals surface area contributed by atoms with Crippen LogP contribution in [0.1, 0.15) is 34.9 Å². The van der Waals surface area contributed by atoms with Crippen molar-refractivity contribution >= 4 is 11.9 Å². The number of benzene rings is 1. The summed E-state index contributed by atoms with van der Waals surface area (Å²) in [6.45, 7) is 1.96. The number of carbonyl (C=O) groups is 1. The van der Waals surface area contributed by atoms with Crippen LogP contribution < -0.4 is 10.6 Å². The molecule has 4 rings (SSSR count). The van der Waals surface area contributed by atoms with Crippen LogP contribution in [0.5, 0.6) is 0 Å². The number of aromatic nitrogens is 5. The molecule has 2 N–H and O–H groups in total. The number of nitrogens with zero attached hydrogens (tertiary/aromatic N) is 5. The molecule has 8 heteroatoms. The van der Waals surface area contributed by atoms with Crippen molar-refractivity contribution in [1.82, 2.24) is 29.9 Å². The zero-order chi connectivity index (χ0) is 17.9. The molecule has 1 aliphatic heterocycles. The van der Waals surface area contributed by atoms with Crippen molar-refractivity contribution in [2.24, 2.45) is 7.05 Å². The highest BCUT2D eigenvalue weighted by Crippen LogP contribution is 2.23. The molecule has 1 fully saturated rings. The maximum atomic E-state index is 12.5. The predicted molar refractivity (Wildman–Crippen MR) is 97.4 cm³/mol. The standard InChI is InChI=1S/C18H21N7O/c1-24-18(21-16(23-24)13-7-10-19-11-8-13)22-17(26)14-3-5-15(6-4-14)25-12-2-9-20-25/h2-6,9,12-13,19H,7-8,10-11H2,1H3,(H,21,22,23,26). The Balaban J connectivity index is 1.47. The number of aryl methyl sites for hydroxylation is 1. The molecule has 1 aromatic carbocycles. The third-order valence-corrected chi connectivity index (χ3v) is 4.61. The fourth-order valence-corrected chi connectivity index (χ4v) is 3.13. The lowest BCUT2D eigenvalue weighted by Gasteiger charge is -2.19. The largest absolute Gasteiger partial charge is 0.317 e. The van der Waals surface area contributed by atoms with E-state index < -0.39 is 0 Å². The topological polar surface area (TPSA) is 89.7 Å². The second-order valence-corrected chi connectivity index (χ2v) is 6.39. The number of piperidine rings is 1. The molecule has 26 heavy (non-hydrogen) atoms. The molecular weight excluding hydrogens is 330 g/mol. The Morgan fingerprint density at radius 3 is 2.69 bits per heavy atom. The Hall–Kier alpha value is -3.00. The molecule has 134 valence electrons. The normalized spacial score (nSPS) is 15.1. The smallest absolute Gasteiger partial charge is 0.258 e. The molecule has 0 unspecified atom stereocenters. The second-order valence-electron chi connectivity index (χ2n) is 6.39. The zero-order valence-electron chi connectivity index (χ0n) is 14.6. The molecule has 3 heterocycles. The number of anilines is 1. The van der Waals surface area contributed by atoms with Gasteiger partial charge in [-0.25, -0.2) is 9.36 Å². The highest BCUT2D eigenvalue weighted by molar-refractivity contribution is 6.03.